The first-order valence-electron chi connectivity index (χ1n) is 16.0. The average Bonchev–Trinajstić information content (AvgIpc) is 3.09. The zero-order valence-electron chi connectivity index (χ0n) is 26.9. The van der Waals surface area contributed by atoms with Gasteiger partial charge in [-0.25, -0.2) is 0 Å². The van der Waals surface area contributed by atoms with Crippen molar-refractivity contribution >= 4 is 0 Å². The summed E-state index contributed by atoms with van der Waals surface area (Å²) < 4.78 is 55.9. The summed E-state index contributed by atoms with van der Waals surface area (Å²) in [7, 11) is 0. The smallest absolute Gasteiger partial charge is 0.123 e. The van der Waals surface area contributed by atoms with Crippen LogP contribution >= 0.6 is 0 Å². The van der Waals surface area contributed by atoms with Crippen molar-refractivity contribution in [2.75, 3.05) is 106 Å². The fourth-order valence-electron chi connectivity index (χ4n) is 3.94. The summed E-state index contributed by atoms with van der Waals surface area (Å²) in [5.74, 6) is 1.45. The van der Waals surface area contributed by atoms with Gasteiger partial charge < -0.3 is 47.4 Å². The lowest BCUT2D eigenvalue weighted by Gasteiger charge is -2.11. The van der Waals surface area contributed by atoms with Crippen LogP contribution in [0.1, 0.15) is 11.1 Å². The maximum Gasteiger partial charge on any atom is 0.123 e. The van der Waals surface area contributed by atoms with Crippen LogP contribution in [0.5, 0.6) is 11.5 Å². The third-order valence-corrected chi connectivity index (χ3v) is 6.25. The molecule has 0 saturated carbocycles. The van der Waals surface area contributed by atoms with Gasteiger partial charge in [0.25, 0.3) is 0 Å². The van der Waals surface area contributed by atoms with E-state index in [4.69, 9.17) is 47.4 Å². The molecule has 254 valence electrons. The van der Waals surface area contributed by atoms with E-state index in [-0.39, 0.29) is 0 Å². The fraction of sp³-hybridized carbons (Fsp3) is 0.500. The average molecular weight is 643 g/mol. The van der Waals surface area contributed by atoms with Gasteiger partial charge in [-0.05, 0) is 23.3 Å². The highest BCUT2D eigenvalue weighted by Crippen LogP contribution is 2.19. The van der Waals surface area contributed by atoms with E-state index < -0.39 is 0 Å². The molecule has 3 aromatic rings. The molecule has 0 bridgehead atoms. The Hall–Kier alpha value is -3.06. The normalized spacial score (nSPS) is 11.1. The first-order valence-corrected chi connectivity index (χ1v) is 16.0. The molecule has 0 unspecified atom stereocenters. The van der Waals surface area contributed by atoms with Gasteiger partial charge in [0.2, 0.25) is 0 Å². The molecular formula is C36H50O10. The van der Waals surface area contributed by atoms with Gasteiger partial charge in [0.15, 0.2) is 0 Å². The number of rotatable bonds is 30. The Morgan fingerprint density at radius 2 is 0.587 bits per heavy atom. The lowest BCUT2D eigenvalue weighted by atomic mass is 10.2. The summed E-state index contributed by atoms with van der Waals surface area (Å²) >= 11 is 0. The molecule has 0 amide bonds. The highest BCUT2D eigenvalue weighted by molar-refractivity contribution is 5.32. The van der Waals surface area contributed by atoms with Gasteiger partial charge >= 0.3 is 0 Å². The largest absolute Gasteiger partial charge is 0.491 e. The molecule has 0 N–H and O–H groups in total. The van der Waals surface area contributed by atoms with Crippen molar-refractivity contribution in [3.05, 3.63) is 96.1 Å². The van der Waals surface area contributed by atoms with Crippen LogP contribution in [-0.4, -0.2) is 106 Å². The molecule has 10 heteroatoms. The van der Waals surface area contributed by atoms with E-state index in [0.717, 1.165) is 22.6 Å². The van der Waals surface area contributed by atoms with Crippen molar-refractivity contribution in [3.8, 4) is 11.5 Å². The van der Waals surface area contributed by atoms with E-state index in [1.165, 1.54) is 0 Å². The summed E-state index contributed by atoms with van der Waals surface area (Å²) in [5.41, 5.74) is 2.31. The van der Waals surface area contributed by atoms with Crippen LogP contribution < -0.4 is 9.47 Å². The van der Waals surface area contributed by atoms with Crippen LogP contribution in [0, 0.1) is 0 Å². The van der Waals surface area contributed by atoms with Crippen LogP contribution in [0.3, 0.4) is 0 Å². The van der Waals surface area contributed by atoms with Crippen molar-refractivity contribution in [2.24, 2.45) is 0 Å². The first-order chi connectivity index (χ1) is 22.9. The Morgan fingerprint density at radius 3 is 0.935 bits per heavy atom. The predicted octanol–water partition coefficient (Wildman–Crippen LogP) is 4.98. The van der Waals surface area contributed by atoms with Gasteiger partial charge in [0, 0.05) is 6.07 Å². The van der Waals surface area contributed by atoms with Gasteiger partial charge in [-0.3, -0.25) is 0 Å². The fourth-order valence-corrected chi connectivity index (χ4v) is 3.94. The minimum Gasteiger partial charge on any atom is -0.491 e. The second-order valence-corrected chi connectivity index (χ2v) is 9.92. The molecule has 0 aromatic heterocycles. The van der Waals surface area contributed by atoms with Crippen LogP contribution in [-0.2, 0) is 51.1 Å². The maximum absolute atomic E-state index is 5.76. The lowest BCUT2D eigenvalue weighted by molar-refractivity contribution is -0.00678. The standard InChI is InChI=1S/C36H50O10/c1-3-8-33(9-4-1)31-43-24-22-39-16-14-37-18-20-41-26-28-45-35-12-7-13-36(30-35)46-29-27-42-21-19-38-15-17-40-23-25-44-32-34-10-5-2-6-11-34/h1-13,30H,14-29,31-32H2. The molecule has 0 spiro atoms. The van der Waals surface area contributed by atoms with E-state index in [2.05, 4.69) is 0 Å². The van der Waals surface area contributed by atoms with Crippen LogP contribution in [0.4, 0.5) is 0 Å². The summed E-state index contributed by atoms with van der Waals surface area (Å²) in [4.78, 5) is 0. The Labute approximate surface area is 273 Å². The number of hydrogen-bond donors (Lipinski definition) is 0. The third kappa shape index (κ3) is 20.1. The van der Waals surface area contributed by atoms with Crippen molar-refractivity contribution in [1.29, 1.82) is 0 Å². The lowest BCUT2D eigenvalue weighted by Crippen LogP contribution is -2.14. The zero-order valence-corrected chi connectivity index (χ0v) is 26.9. The second kappa shape index (κ2) is 27.1. The zero-order chi connectivity index (χ0) is 32.0. The molecule has 0 aliphatic heterocycles. The Bertz CT molecular complexity index is 1000. The Kier molecular flexibility index (Phi) is 22.0. The van der Waals surface area contributed by atoms with Crippen molar-refractivity contribution in [3.63, 3.8) is 0 Å². The van der Waals surface area contributed by atoms with E-state index in [1.54, 1.807) is 0 Å². The molecule has 0 radical (unpaired) electrons. The molecule has 3 rings (SSSR count). The Balaban J connectivity index is 1.02. The van der Waals surface area contributed by atoms with Gasteiger partial charge in [-0.1, -0.05) is 66.7 Å². The van der Waals surface area contributed by atoms with E-state index in [9.17, 15) is 0 Å². The highest BCUT2D eigenvalue weighted by atomic mass is 16.6. The Morgan fingerprint density at radius 1 is 0.283 bits per heavy atom. The van der Waals surface area contributed by atoms with Crippen LogP contribution in [0.15, 0.2) is 84.9 Å². The monoisotopic (exact) mass is 642 g/mol. The molecule has 0 fully saturated rings. The van der Waals surface area contributed by atoms with Gasteiger partial charge in [-0.2, -0.15) is 0 Å². The first kappa shape index (κ1) is 37.4. The summed E-state index contributed by atoms with van der Waals surface area (Å²) in [5, 5.41) is 0. The van der Waals surface area contributed by atoms with Crippen molar-refractivity contribution in [1.82, 2.24) is 0 Å². The van der Waals surface area contributed by atoms with Gasteiger partial charge in [0.05, 0.1) is 106 Å². The van der Waals surface area contributed by atoms with Crippen LogP contribution in [0.25, 0.3) is 0 Å². The quantitative estimate of drug-likeness (QED) is 0.0928. The van der Waals surface area contributed by atoms with Crippen molar-refractivity contribution < 1.29 is 47.4 Å². The van der Waals surface area contributed by atoms with Crippen LogP contribution in [0.2, 0.25) is 0 Å². The van der Waals surface area contributed by atoms with E-state index >= 15 is 0 Å². The molecule has 0 heterocycles. The van der Waals surface area contributed by atoms with Gasteiger partial charge in [-0.15, -0.1) is 0 Å². The third-order valence-electron chi connectivity index (χ3n) is 6.25. The molecule has 10 nitrogen and oxygen atoms in total. The predicted molar refractivity (Wildman–Crippen MR) is 175 cm³/mol. The maximum atomic E-state index is 5.76. The topological polar surface area (TPSA) is 92.3 Å². The minimum atomic E-state index is 0.436. The van der Waals surface area contributed by atoms with E-state index in [0.29, 0.717) is 119 Å². The second-order valence-electron chi connectivity index (χ2n) is 9.92. The molecule has 0 aliphatic carbocycles. The van der Waals surface area contributed by atoms with Crippen molar-refractivity contribution in [2.45, 2.75) is 13.2 Å². The molecular weight excluding hydrogens is 592 g/mol. The number of ether oxygens (including phenoxy) is 10. The summed E-state index contributed by atoms with van der Waals surface area (Å²) in [6.07, 6.45) is 0. The number of benzene rings is 3. The molecule has 46 heavy (non-hydrogen) atoms. The van der Waals surface area contributed by atoms with Gasteiger partial charge in [0.1, 0.15) is 24.7 Å². The molecule has 0 atom stereocenters. The molecule has 3 aromatic carbocycles. The molecule has 0 saturated heterocycles. The van der Waals surface area contributed by atoms with E-state index in [1.807, 2.05) is 84.9 Å². The number of hydrogen-bond acceptors (Lipinski definition) is 10. The SMILES string of the molecule is c1ccc(COCCOCCOCCOCCOc2cccc(OCCOCCOCCOCCOCc3ccccc3)c2)cc1. The summed E-state index contributed by atoms with van der Waals surface area (Å²) in [6, 6.07) is 27.7. The molecule has 0 aliphatic rings. The minimum absolute atomic E-state index is 0.436. The summed E-state index contributed by atoms with van der Waals surface area (Å²) in [6.45, 7) is 9.31. The highest BCUT2D eigenvalue weighted by Gasteiger charge is 2.00.